The van der Waals surface area contributed by atoms with Crippen LogP contribution in [0.25, 0.3) is 0 Å². The van der Waals surface area contributed by atoms with Crippen LogP contribution in [0.4, 0.5) is 0 Å². The molecule has 1 aliphatic rings. The molecule has 0 fully saturated rings. The molecule has 0 aromatic rings. The fraction of sp³-hybridized carbons (Fsp3) is 0.667. The summed E-state index contributed by atoms with van der Waals surface area (Å²) in [4.78, 5) is 24.2. The van der Waals surface area contributed by atoms with Crippen LogP contribution in [0.3, 0.4) is 0 Å². The van der Waals surface area contributed by atoms with Crippen molar-refractivity contribution in [2.45, 2.75) is 59.3 Å². The van der Waals surface area contributed by atoms with Gasteiger partial charge in [0.25, 0.3) is 0 Å². The van der Waals surface area contributed by atoms with Crippen molar-refractivity contribution in [2.75, 3.05) is 18.5 Å². The number of ketones is 2. The molecule has 3 heteroatoms. The maximum absolute atomic E-state index is 12.4. The van der Waals surface area contributed by atoms with Gasteiger partial charge in [0.1, 0.15) is 5.31 Å². The molecular formula is C18H30O2P+. The molecule has 0 atom stereocenters. The summed E-state index contributed by atoms with van der Waals surface area (Å²) in [5.41, 5.74) is 0. The Kier molecular flexibility index (Phi) is 8.11. The predicted octanol–water partition coefficient (Wildman–Crippen LogP) is 5.00. The van der Waals surface area contributed by atoms with Crippen molar-refractivity contribution >= 4 is 18.8 Å². The number of unbranched alkanes of at least 4 members (excludes halogenated alkanes) is 3. The smallest absolute Gasteiger partial charge is 0.220 e. The maximum atomic E-state index is 12.4. The van der Waals surface area contributed by atoms with Crippen molar-refractivity contribution in [3.8, 4) is 0 Å². The Morgan fingerprint density at radius 1 is 0.810 bits per heavy atom. The molecule has 0 N–H and O–H groups in total. The van der Waals surface area contributed by atoms with E-state index in [0.717, 1.165) is 43.1 Å². The highest BCUT2D eigenvalue weighted by Crippen LogP contribution is 2.67. The second-order valence-electron chi connectivity index (χ2n) is 6.01. The van der Waals surface area contributed by atoms with Crippen LogP contribution >= 0.6 is 7.26 Å². The second kappa shape index (κ2) is 9.30. The monoisotopic (exact) mass is 309 g/mol. The van der Waals surface area contributed by atoms with Gasteiger partial charge in [0.15, 0.2) is 5.78 Å². The summed E-state index contributed by atoms with van der Waals surface area (Å²) in [5.74, 6) is 0.102. The molecule has 1 aliphatic carbocycles. The quantitative estimate of drug-likeness (QED) is 0.420. The number of carbonyl (C=O) groups excluding carboxylic acids is 2. The first-order valence-corrected chi connectivity index (χ1v) is 10.8. The highest BCUT2D eigenvalue weighted by Gasteiger charge is 2.44. The van der Waals surface area contributed by atoms with Crippen LogP contribution in [-0.2, 0) is 9.59 Å². The summed E-state index contributed by atoms with van der Waals surface area (Å²) in [7, 11) is -1.48. The number of rotatable bonds is 10. The van der Waals surface area contributed by atoms with Crippen LogP contribution in [-0.4, -0.2) is 30.1 Å². The van der Waals surface area contributed by atoms with Crippen molar-refractivity contribution in [2.24, 2.45) is 0 Å². The SMILES string of the molecule is CCCC[P+](CCCC)(CCCC)C1=CC(=O)C=CC1=O. The van der Waals surface area contributed by atoms with Crippen molar-refractivity contribution < 1.29 is 9.59 Å². The summed E-state index contributed by atoms with van der Waals surface area (Å²) in [6.45, 7) is 6.61. The van der Waals surface area contributed by atoms with Crippen molar-refractivity contribution in [3.05, 3.63) is 23.5 Å². The lowest BCUT2D eigenvalue weighted by Crippen LogP contribution is -2.19. The summed E-state index contributed by atoms with van der Waals surface area (Å²) >= 11 is 0. The molecular weight excluding hydrogens is 279 g/mol. The molecule has 0 saturated heterocycles. The molecule has 0 aromatic carbocycles. The lowest BCUT2D eigenvalue weighted by atomic mass is 10.2. The third-order valence-electron chi connectivity index (χ3n) is 4.26. The zero-order valence-electron chi connectivity index (χ0n) is 13.9. The maximum Gasteiger partial charge on any atom is 0.220 e. The Balaban J connectivity index is 3.11. The zero-order valence-corrected chi connectivity index (χ0v) is 14.8. The van der Waals surface area contributed by atoms with Crippen LogP contribution in [0.2, 0.25) is 0 Å². The highest BCUT2D eigenvalue weighted by atomic mass is 31.2. The van der Waals surface area contributed by atoms with E-state index in [4.69, 9.17) is 0 Å². The standard InChI is InChI=1S/C18H30O2P/c1-4-7-12-21(13-8-5-2,14-9-6-3)18-15-16(19)10-11-17(18)20/h10-11,15H,4-9,12-14H2,1-3H3/q+1. The van der Waals surface area contributed by atoms with Crippen LogP contribution in [0.15, 0.2) is 23.5 Å². The van der Waals surface area contributed by atoms with Crippen molar-refractivity contribution in [1.82, 2.24) is 0 Å². The molecule has 0 unspecified atom stereocenters. The van der Waals surface area contributed by atoms with Gasteiger partial charge < -0.3 is 0 Å². The third kappa shape index (κ3) is 5.18. The van der Waals surface area contributed by atoms with Gasteiger partial charge >= 0.3 is 0 Å². The van der Waals surface area contributed by atoms with E-state index >= 15 is 0 Å². The van der Waals surface area contributed by atoms with Gasteiger partial charge in [-0.2, -0.15) is 0 Å². The predicted molar refractivity (Wildman–Crippen MR) is 93.5 cm³/mol. The van der Waals surface area contributed by atoms with E-state index in [-0.39, 0.29) is 11.6 Å². The van der Waals surface area contributed by atoms with E-state index in [1.54, 1.807) is 6.08 Å². The first-order chi connectivity index (χ1) is 10.1. The van der Waals surface area contributed by atoms with Crippen LogP contribution in [0.5, 0.6) is 0 Å². The zero-order chi connectivity index (χ0) is 15.7. The highest BCUT2D eigenvalue weighted by molar-refractivity contribution is 7.81. The molecule has 0 amide bonds. The van der Waals surface area contributed by atoms with Crippen LogP contribution in [0, 0.1) is 0 Å². The fourth-order valence-corrected chi connectivity index (χ4v) is 8.05. The van der Waals surface area contributed by atoms with E-state index in [9.17, 15) is 9.59 Å². The molecule has 0 aliphatic heterocycles. The molecule has 0 aromatic heterocycles. The molecule has 118 valence electrons. The minimum atomic E-state index is -1.48. The van der Waals surface area contributed by atoms with Gasteiger partial charge in [-0.1, -0.05) is 40.0 Å². The van der Waals surface area contributed by atoms with Gasteiger partial charge in [0, 0.05) is 6.08 Å². The van der Waals surface area contributed by atoms with Crippen LogP contribution < -0.4 is 0 Å². The largest absolute Gasteiger partial charge is 0.290 e. The van der Waals surface area contributed by atoms with Gasteiger partial charge in [-0.3, -0.25) is 9.59 Å². The van der Waals surface area contributed by atoms with E-state index in [1.807, 2.05) is 0 Å². The molecule has 0 heterocycles. The van der Waals surface area contributed by atoms with E-state index < -0.39 is 7.26 Å². The Bertz CT molecular complexity index is 399. The lowest BCUT2D eigenvalue weighted by molar-refractivity contribution is -0.114. The minimum absolute atomic E-state index is 0.00142. The average molecular weight is 309 g/mol. The van der Waals surface area contributed by atoms with E-state index in [2.05, 4.69) is 20.8 Å². The molecule has 2 nitrogen and oxygen atoms in total. The summed E-state index contributed by atoms with van der Waals surface area (Å²) in [6, 6.07) is 0. The van der Waals surface area contributed by atoms with E-state index in [1.165, 1.54) is 31.4 Å². The summed E-state index contributed by atoms with van der Waals surface area (Å²) < 4.78 is 0. The number of hydrogen-bond acceptors (Lipinski definition) is 2. The molecule has 0 saturated carbocycles. The number of hydrogen-bond donors (Lipinski definition) is 0. The Morgan fingerprint density at radius 2 is 1.29 bits per heavy atom. The first-order valence-electron chi connectivity index (χ1n) is 8.44. The lowest BCUT2D eigenvalue weighted by Gasteiger charge is -2.29. The average Bonchev–Trinajstić information content (AvgIpc) is 2.49. The first kappa shape index (κ1) is 18.3. The molecule has 0 bridgehead atoms. The summed E-state index contributed by atoms with van der Waals surface area (Å²) in [5, 5.41) is 0.894. The van der Waals surface area contributed by atoms with Gasteiger partial charge in [-0.05, 0) is 31.4 Å². The minimum Gasteiger partial charge on any atom is -0.290 e. The topological polar surface area (TPSA) is 34.1 Å². The van der Waals surface area contributed by atoms with Crippen molar-refractivity contribution in [1.29, 1.82) is 0 Å². The third-order valence-corrected chi connectivity index (χ3v) is 9.15. The van der Waals surface area contributed by atoms with Gasteiger partial charge in [0.2, 0.25) is 5.78 Å². The summed E-state index contributed by atoms with van der Waals surface area (Å²) in [6.07, 6.45) is 15.0. The van der Waals surface area contributed by atoms with Crippen LogP contribution in [0.1, 0.15) is 59.3 Å². The molecule has 0 radical (unpaired) electrons. The number of allylic oxidation sites excluding steroid dienone is 4. The number of carbonyl (C=O) groups is 2. The van der Waals surface area contributed by atoms with Crippen molar-refractivity contribution in [3.63, 3.8) is 0 Å². The molecule has 1 rings (SSSR count). The Hall–Kier alpha value is -0.750. The van der Waals surface area contributed by atoms with E-state index in [0.29, 0.717) is 0 Å². The van der Waals surface area contributed by atoms with Gasteiger partial charge in [0.05, 0.1) is 25.7 Å². The molecule has 21 heavy (non-hydrogen) atoms. The molecule has 0 spiro atoms. The fourth-order valence-electron chi connectivity index (χ4n) is 2.95. The van der Waals surface area contributed by atoms with Gasteiger partial charge in [-0.25, -0.2) is 0 Å². The van der Waals surface area contributed by atoms with Gasteiger partial charge in [-0.15, -0.1) is 0 Å². The Labute approximate surface area is 130 Å². The second-order valence-corrected chi connectivity index (χ2v) is 10.1. The normalized spacial score (nSPS) is 15.5. The Morgan fingerprint density at radius 3 is 1.71 bits per heavy atom.